The van der Waals surface area contributed by atoms with Gasteiger partial charge in [0.2, 0.25) is 0 Å². The molecule has 162 valence electrons. The number of carbonyl (C=O) groups excluding carboxylic acids is 2. The number of aliphatic imine (C=N–C) groups is 1. The second kappa shape index (κ2) is 9.87. The molecule has 1 aromatic heterocycles. The number of nitrogens with zero attached hydrogens (tertiary/aromatic N) is 3. The van der Waals surface area contributed by atoms with Crippen LogP contribution in [-0.2, 0) is 6.42 Å². The van der Waals surface area contributed by atoms with Crippen molar-refractivity contribution in [3.63, 3.8) is 0 Å². The summed E-state index contributed by atoms with van der Waals surface area (Å²) in [6.45, 7) is 4.76. The summed E-state index contributed by atoms with van der Waals surface area (Å²) >= 11 is 3.33. The number of ketones is 1. The molecule has 0 aliphatic carbocycles. The van der Waals surface area contributed by atoms with Gasteiger partial charge in [0, 0.05) is 46.9 Å². The van der Waals surface area contributed by atoms with E-state index in [2.05, 4.69) is 43.0 Å². The Morgan fingerprint density at radius 3 is 2.56 bits per heavy atom. The van der Waals surface area contributed by atoms with E-state index in [9.17, 15) is 9.59 Å². The number of halogens is 1. The van der Waals surface area contributed by atoms with Crippen LogP contribution in [0.2, 0.25) is 0 Å². The van der Waals surface area contributed by atoms with Crippen LogP contribution in [0.15, 0.2) is 76.3 Å². The number of amidine groups is 1. The number of benzene rings is 2. The van der Waals surface area contributed by atoms with E-state index in [1.807, 2.05) is 36.4 Å². The number of aromatic nitrogens is 1. The Morgan fingerprint density at radius 1 is 1.06 bits per heavy atom. The van der Waals surface area contributed by atoms with Gasteiger partial charge in [-0.15, -0.1) is 0 Å². The summed E-state index contributed by atoms with van der Waals surface area (Å²) in [5.74, 6) is 1.10. The summed E-state index contributed by atoms with van der Waals surface area (Å²) in [5, 5.41) is 2.79. The fourth-order valence-corrected chi connectivity index (χ4v) is 3.91. The van der Waals surface area contributed by atoms with E-state index < -0.39 is 0 Å². The molecule has 1 N–H and O–H groups in total. The molecule has 7 heteroatoms. The first-order valence-electron chi connectivity index (χ1n) is 10.5. The van der Waals surface area contributed by atoms with Crippen LogP contribution in [0.3, 0.4) is 0 Å². The predicted octanol–water partition coefficient (Wildman–Crippen LogP) is 4.60. The lowest BCUT2D eigenvalue weighted by molar-refractivity contribution is 0.0992. The first kappa shape index (κ1) is 21.9. The zero-order valence-corrected chi connectivity index (χ0v) is 19.3. The van der Waals surface area contributed by atoms with Crippen LogP contribution < -0.4 is 5.32 Å². The maximum absolute atomic E-state index is 12.9. The minimum atomic E-state index is -0.294. The summed E-state index contributed by atoms with van der Waals surface area (Å²) in [5.41, 5.74) is 2.76. The van der Waals surface area contributed by atoms with Crippen LogP contribution in [0.1, 0.15) is 38.8 Å². The summed E-state index contributed by atoms with van der Waals surface area (Å²) in [6.07, 6.45) is 1.75. The number of likely N-dealkylation sites (N-methyl/N-ethyl adjacent to an activating group) is 1. The lowest BCUT2D eigenvalue weighted by atomic mass is 9.97. The lowest BCUT2D eigenvalue weighted by Crippen LogP contribution is -2.28. The number of hydrogen-bond donors (Lipinski definition) is 1. The molecule has 0 saturated carbocycles. The Kier molecular flexibility index (Phi) is 6.75. The van der Waals surface area contributed by atoms with Gasteiger partial charge in [-0.05, 0) is 46.6 Å². The average Bonchev–Trinajstić information content (AvgIpc) is 3.30. The molecule has 1 aliphatic heterocycles. The van der Waals surface area contributed by atoms with Crippen LogP contribution in [0.25, 0.3) is 0 Å². The minimum Gasteiger partial charge on any atom is -0.355 e. The number of carbonyl (C=O) groups is 2. The monoisotopic (exact) mass is 490 g/mol. The van der Waals surface area contributed by atoms with Gasteiger partial charge in [-0.1, -0.05) is 42.5 Å². The van der Waals surface area contributed by atoms with Crippen LogP contribution in [0.5, 0.6) is 0 Å². The molecule has 2 aromatic carbocycles. The number of pyridine rings is 1. The zero-order chi connectivity index (χ0) is 22.5. The molecule has 0 saturated heterocycles. The molecule has 0 radical (unpaired) electrons. The average molecular weight is 491 g/mol. The van der Waals surface area contributed by atoms with Crippen molar-refractivity contribution in [2.24, 2.45) is 4.99 Å². The maximum Gasteiger partial charge on any atom is 0.257 e. The SMILES string of the molecule is CCN1CCN=C1c1ccc(C(=O)Cc2ccccc2C(=O)Nc2ccc(Br)cn2)cc1. The highest BCUT2D eigenvalue weighted by Crippen LogP contribution is 2.18. The van der Waals surface area contributed by atoms with Crippen molar-refractivity contribution in [1.82, 2.24) is 9.88 Å². The molecule has 1 aliphatic rings. The number of amides is 1. The van der Waals surface area contributed by atoms with E-state index in [0.29, 0.717) is 22.5 Å². The van der Waals surface area contributed by atoms with Gasteiger partial charge >= 0.3 is 0 Å². The Hall–Kier alpha value is -3.32. The van der Waals surface area contributed by atoms with Crippen LogP contribution >= 0.6 is 15.9 Å². The van der Waals surface area contributed by atoms with Crippen molar-refractivity contribution in [3.05, 3.63) is 93.6 Å². The predicted molar refractivity (Wildman–Crippen MR) is 129 cm³/mol. The highest BCUT2D eigenvalue weighted by Gasteiger charge is 2.18. The molecule has 4 rings (SSSR count). The van der Waals surface area contributed by atoms with Gasteiger partial charge < -0.3 is 10.2 Å². The number of nitrogens with one attached hydrogen (secondary N) is 1. The number of hydrogen-bond acceptors (Lipinski definition) is 5. The Morgan fingerprint density at radius 2 is 1.84 bits per heavy atom. The van der Waals surface area contributed by atoms with Crippen molar-refractivity contribution < 1.29 is 9.59 Å². The highest BCUT2D eigenvalue weighted by molar-refractivity contribution is 9.10. The molecule has 32 heavy (non-hydrogen) atoms. The van der Waals surface area contributed by atoms with Crippen molar-refractivity contribution >= 4 is 39.3 Å². The first-order valence-corrected chi connectivity index (χ1v) is 11.3. The van der Waals surface area contributed by atoms with Crippen molar-refractivity contribution in [3.8, 4) is 0 Å². The van der Waals surface area contributed by atoms with Crippen molar-refractivity contribution in [1.29, 1.82) is 0 Å². The van der Waals surface area contributed by atoms with Gasteiger partial charge in [0.1, 0.15) is 11.7 Å². The van der Waals surface area contributed by atoms with Gasteiger partial charge in [0.05, 0.1) is 6.54 Å². The summed E-state index contributed by atoms with van der Waals surface area (Å²) < 4.78 is 0.829. The van der Waals surface area contributed by atoms with E-state index in [1.54, 1.807) is 30.5 Å². The van der Waals surface area contributed by atoms with Gasteiger partial charge in [-0.25, -0.2) is 4.98 Å². The Labute approximate surface area is 195 Å². The molecule has 6 nitrogen and oxygen atoms in total. The third-order valence-corrected chi connectivity index (χ3v) is 5.83. The standard InChI is InChI=1S/C25H23BrN4O2/c1-2-30-14-13-27-24(30)18-9-7-17(8-10-18)22(31)15-19-5-3-4-6-21(19)25(32)29-23-12-11-20(26)16-28-23/h3-12,16H,2,13-15H2,1H3,(H,28,29,32). The third kappa shape index (κ3) is 4.94. The van der Waals surface area contributed by atoms with Gasteiger partial charge in [0.25, 0.3) is 5.91 Å². The molecule has 0 fully saturated rings. The fraction of sp³-hybridized carbons (Fsp3) is 0.200. The molecule has 0 bridgehead atoms. The summed E-state index contributed by atoms with van der Waals surface area (Å²) in [6, 6.07) is 18.2. The van der Waals surface area contributed by atoms with E-state index >= 15 is 0 Å². The second-order valence-electron chi connectivity index (χ2n) is 7.44. The molecule has 0 spiro atoms. The maximum atomic E-state index is 12.9. The number of Topliss-reactive ketones (excluding diaryl/α,β-unsaturated/α-hetero) is 1. The van der Waals surface area contributed by atoms with Crippen LogP contribution in [-0.4, -0.2) is 47.0 Å². The van der Waals surface area contributed by atoms with E-state index in [1.165, 1.54) is 0 Å². The smallest absolute Gasteiger partial charge is 0.257 e. The second-order valence-corrected chi connectivity index (χ2v) is 8.35. The van der Waals surface area contributed by atoms with E-state index in [4.69, 9.17) is 0 Å². The summed E-state index contributed by atoms with van der Waals surface area (Å²) in [7, 11) is 0. The quantitative estimate of drug-likeness (QED) is 0.491. The fourth-order valence-electron chi connectivity index (χ4n) is 3.67. The van der Waals surface area contributed by atoms with Crippen LogP contribution in [0, 0.1) is 0 Å². The molecule has 0 unspecified atom stereocenters. The summed E-state index contributed by atoms with van der Waals surface area (Å²) in [4.78, 5) is 36.7. The van der Waals surface area contributed by atoms with Crippen LogP contribution in [0.4, 0.5) is 5.82 Å². The molecule has 0 atom stereocenters. The number of rotatable bonds is 7. The molecule has 3 aromatic rings. The largest absolute Gasteiger partial charge is 0.355 e. The Balaban J connectivity index is 1.48. The first-order chi connectivity index (χ1) is 15.5. The topological polar surface area (TPSA) is 74.7 Å². The van der Waals surface area contributed by atoms with Gasteiger partial charge in [-0.2, -0.15) is 0 Å². The molecule has 1 amide bonds. The number of anilines is 1. The van der Waals surface area contributed by atoms with Gasteiger partial charge in [-0.3, -0.25) is 14.6 Å². The van der Waals surface area contributed by atoms with Crippen molar-refractivity contribution in [2.75, 3.05) is 25.0 Å². The molecular weight excluding hydrogens is 468 g/mol. The normalized spacial score (nSPS) is 13.1. The van der Waals surface area contributed by atoms with E-state index in [0.717, 1.165) is 35.5 Å². The molecular formula is C25H23BrN4O2. The highest BCUT2D eigenvalue weighted by atomic mass is 79.9. The van der Waals surface area contributed by atoms with Crippen molar-refractivity contribution in [2.45, 2.75) is 13.3 Å². The third-order valence-electron chi connectivity index (χ3n) is 5.36. The molecule has 2 heterocycles. The zero-order valence-electron chi connectivity index (χ0n) is 17.7. The minimum absolute atomic E-state index is 0.0423. The Bertz CT molecular complexity index is 1160. The van der Waals surface area contributed by atoms with Gasteiger partial charge in [0.15, 0.2) is 5.78 Å². The van der Waals surface area contributed by atoms with E-state index in [-0.39, 0.29) is 18.1 Å². The lowest BCUT2D eigenvalue weighted by Gasteiger charge is -2.18.